The molecule has 0 saturated heterocycles. The quantitative estimate of drug-likeness (QED) is 0.587. The lowest BCUT2D eigenvalue weighted by Gasteiger charge is -2.17. The van der Waals surface area contributed by atoms with E-state index in [1.165, 1.54) is 0 Å². The Labute approximate surface area is 87.9 Å². The fraction of sp³-hybridized carbons (Fsp3) is 0.300. The van der Waals surface area contributed by atoms with Crippen LogP contribution in [0.5, 0.6) is 0 Å². The minimum absolute atomic E-state index is 0.149. The van der Waals surface area contributed by atoms with Crippen LogP contribution in [0.1, 0.15) is 17.2 Å². The lowest BCUT2D eigenvalue weighted by atomic mass is 10.1. The van der Waals surface area contributed by atoms with Crippen molar-refractivity contribution in [1.82, 2.24) is 5.32 Å². The van der Waals surface area contributed by atoms with Crippen molar-refractivity contribution in [1.29, 1.82) is 0 Å². The molecule has 0 fully saturated rings. The maximum atomic E-state index is 9.78. The predicted molar refractivity (Wildman–Crippen MR) is 58.8 cm³/mol. The van der Waals surface area contributed by atoms with Crippen LogP contribution < -0.4 is 11.1 Å². The number of hydrogen-bond acceptors (Lipinski definition) is 2. The highest BCUT2D eigenvalue weighted by Gasteiger charge is 2.30. The zero-order valence-electron chi connectivity index (χ0n) is 7.60. The SMILES string of the molecule is NC(=S)N[C@H]1c2ccccc2C[C@@H]1O. The van der Waals surface area contributed by atoms with Gasteiger partial charge in [0.2, 0.25) is 0 Å². The molecule has 1 aromatic rings. The van der Waals surface area contributed by atoms with Crippen molar-refractivity contribution in [3.63, 3.8) is 0 Å². The molecule has 4 N–H and O–H groups in total. The summed E-state index contributed by atoms with van der Waals surface area (Å²) in [4.78, 5) is 0. The molecule has 2 rings (SSSR count). The van der Waals surface area contributed by atoms with E-state index in [4.69, 9.17) is 18.0 Å². The molecule has 0 heterocycles. The predicted octanol–water partition coefficient (Wildman–Crippen LogP) is 0.478. The summed E-state index contributed by atoms with van der Waals surface area (Å²) in [5.41, 5.74) is 7.65. The van der Waals surface area contributed by atoms with Crippen LogP contribution in [0.25, 0.3) is 0 Å². The van der Waals surface area contributed by atoms with Crippen LogP contribution >= 0.6 is 12.2 Å². The zero-order valence-corrected chi connectivity index (χ0v) is 8.42. The third-order valence-corrected chi connectivity index (χ3v) is 2.62. The molecule has 4 heteroatoms. The van der Waals surface area contributed by atoms with Gasteiger partial charge < -0.3 is 16.2 Å². The van der Waals surface area contributed by atoms with Crippen molar-refractivity contribution in [3.05, 3.63) is 35.4 Å². The number of rotatable bonds is 1. The van der Waals surface area contributed by atoms with Gasteiger partial charge in [0.15, 0.2) is 5.11 Å². The number of aliphatic hydroxyl groups is 1. The first kappa shape index (κ1) is 9.43. The summed E-state index contributed by atoms with van der Waals surface area (Å²) in [6.07, 6.45) is 0.227. The molecule has 0 aliphatic heterocycles. The topological polar surface area (TPSA) is 58.3 Å². The smallest absolute Gasteiger partial charge is 0.164 e. The molecule has 1 aromatic carbocycles. The van der Waals surface area contributed by atoms with Crippen molar-refractivity contribution >= 4 is 17.3 Å². The van der Waals surface area contributed by atoms with E-state index < -0.39 is 6.10 Å². The fourth-order valence-corrected chi connectivity index (χ4v) is 2.03. The van der Waals surface area contributed by atoms with Crippen molar-refractivity contribution in [3.8, 4) is 0 Å². The van der Waals surface area contributed by atoms with E-state index in [9.17, 15) is 5.11 Å². The highest BCUT2D eigenvalue weighted by atomic mass is 32.1. The number of nitrogens with one attached hydrogen (secondary N) is 1. The standard InChI is InChI=1S/C10H12N2OS/c11-10(14)12-9-7-4-2-1-3-6(7)5-8(9)13/h1-4,8-9,13H,5H2,(H3,11,12,14)/t8-,9-/m0/s1. The average Bonchev–Trinajstić information content (AvgIpc) is 2.43. The zero-order chi connectivity index (χ0) is 10.1. The molecule has 14 heavy (non-hydrogen) atoms. The Morgan fingerprint density at radius 2 is 2.21 bits per heavy atom. The Balaban J connectivity index is 2.30. The van der Waals surface area contributed by atoms with Gasteiger partial charge in [0, 0.05) is 6.42 Å². The molecular formula is C10H12N2OS. The first-order chi connectivity index (χ1) is 6.68. The van der Waals surface area contributed by atoms with E-state index in [0.717, 1.165) is 11.1 Å². The van der Waals surface area contributed by atoms with Gasteiger partial charge in [-0.2, -0.15) is 0 Å². The van der Waals surface area contributed by atoms with E-state index in [2.05, 4.69) is 5.32 Å². The number of nitrogens with two attached hydrogens (primary N) is 1. The number of aliphatic hydroxyl groups excluding tert-OH is 1. The molecule has 3 nitrogen and oxygen atoms in total. The maximum Gasteiger partial charge on any atom is 0.164 e. The van der Waals surface area contributed by atoms with Gasteiger partial charge in [0.25, 0.3) is 0 Å². The Morgan fingerprint density at radius 1 is 1.50 bits per heavy atom. The molecule has 74 valence electrons. The first-order valence-electron chi connectivity index (χ1n) is 4.50. The van der Waals surface area contributed by atoms with Crippen LogP contribution in [0.3, 0.4) is 0 Å². The lowest BCUT2D eigenvalue weighted by molar-refractivity contribution is 0.150. The molecule has 0 aromatic heterocycles. The van der Waals surface area contributed by atoms with E-state index in [1.807, 2.05) is 24.3 Å². The first-order valence-corrected chi connectivity index (χ1v) is 4.91. The lowest BCUT2D eigenvalue weighted by Crippen LogP contribution is -2.37. The minimum atomic E-state index is -0.436. The van der Waals surface area contributed by atoms with Crippen LogP contribution in [0.2, 0.25) is 0 Å². The number of thiocarbonyl (C=S) groups is 1. The molecule has 0 saturated carbocycles. The molecule has 0 unspecified atom stereocenters. The van der Waals surface area contributed by atoms with Gasteiger partial charge in [0.1, 0.15) is 0 Å². The summed E-state index contributed by atoms with van der Waals surface area (Å²) in [5.74, 6) is 0. The molecule has 0 bridgehead atoms. The fourth-order valence-electron chi connectivity index (χ4n) is 1.90. The van der Waals surface area contributed by atoms with Crippen LogP contribution in [-0.4, -0.2) is 16.3 Å². The third kappa shape index (κ3) is 1.58. The Hall–Kier alpha value is -1.13. The van der Waals surface area contributed by atoms with Gasteiger partial charge >= 0.3 is 0 Å². The second-order valence-corrected chi connectivity index (χ2v) is 3.90. The summed E-state index contributed by atoms with van der Waals surface area (Å²) < 4.78 is 0. The van der Waals surface area contributed by atoms with Crippen LogP contribution in [0, 0.1) is 0 Å². The highest BCUT2D eigenvalue weighted by molar-refractivity contribution is 7.80. The molecule has 0 amide bonds. The maximum absolute atomic E-state index is 9.78. The van der Waals surface area contributed by atoms with Crippen molar-refractivity contribution < 1.29 is 5.11 Å². The van der Waals surface area contributed by atoms with Crippen LogP contribution in [-0.2, 0) is 6.42 Å². The number of fused-ring (bicyclic) bond motifs is 1. The van der Waals surface area contributed by atoms with E-state index in [1.54, 1.807) is 0 Å². The summed E-state index contributed by atoms with van der Waals surface area (Å²) in [5, 5.41) is 12.9. The second kappa shape index (κ2) is 3.55. The van der Waals surface area contributed by atoms with Gasteiger partial charge in [-0.1, -0.05) is 24.3 Å². The molecule has 0 spiro atoms. The van der Waals surface area contributed by atoms with E-state index >= 15 is 0 Å². The van der Waals surface area contributed by atoms with Crippen molar-refractivity contribution in [2.45, 2.75) is 18.6 Å². The van der Waals surface area contributed by atoms with E-state index in [-0.39, 0.29) is 11.2 Å². The largest absolute Gasteiger partial charge is 0.390 e. The summed E-state index contributed by atoms with van der Waals surface area (Å²) in [6.45, 7) is 0. The number of hydrogen-bond donors (Lipinski definition) is 3. The van der Waals surface area contributed by atoms with Gasteiger partial charge in [-0.05, 0) is 23.3 Å². The normalized spacial score (nSPS) is 24.4. The summed E-state index contributed by atoms with van der Waals surface area (Å²) in [6, 6.07) is 7.77. The Kier molecular flexibility index (Phi) is 2.39. The van der Waals surface area contributed by atoms with Gasteiger partial charge in [-0.15, -0.1) is 0 Å². The molecule has 1 aliphatic rings. The summed E-state index contributed by atoms with van der Waals surface area (Å²) in [7, 11) is 0. The molecule has 1 aliphatic carbocycles. The van der Waals surface area contributed by atoms with Gasteiger partial charge in [-0.3, -0.25) is 0 Å². The number of benzene rings is 1. The Morgan fingerprint density at radius 3 is 2.93 bits per heavy atom. The second-order valence-electron chi connectivity index (χ2n) is 3.46. The van der Waals surface area contributed by atoms with Gasteiger partial charge in [-0.25, -0.2) is 0 Å². The molecule has 0 radical (unpaired) electrons. The van der Waals surface area contributed by atoms with Gasteiger partial charge in [0.05, 0.1) is 12.1 Å². The van der Waals surface area contributed by atoms with Crippen molar-refractivity contribution in [2.75, 3.05) is 0 Å². The average molecular weight is 208 g/mol. The molecule has 2 atom stereocenters. The highest BCUT2D eigenvalue weighted by Crippen LogP contribution is 2.30. The van der Waals surface area contributed by atoms with Crippen LogP contribution in [0.4, 0.5) is 0 Å². The van der Waals surface area contributed by atoms with Crippen LogP contribution in [0.15, 0.2) is 24.3 Å². The van der Waals surface area contributed by atoms with Crippen molar-refractivity contribution in [2.24, 2.45) is 5.73 Å². The Bertz CT molecular complexity index is 367. The van der Waals surface area contributed by atoms with E-state index in [0.29, 0.717) is 6.42 Å². The molecular weight excluding hydrogens is 196 g/mol. The monoisotopic (exact) mass is 208 g/mol. The minimum Gasteiger partial charge on any atom is -0.390 e. The summed E-state index contributed by atoms with van der Waals surface area (Å²) >= 11 is 4.77. The third-order valence-electron chi connectivity index (χ3n) is 2.50.